The first-order valence-electron chi connectivity index (χ1n) is 4.73. The third-order valence-corrected chi connectivity index (χ3v) is 2.52. The number of nitrogens with one attached hydrogen (secondary N) is 1. The molecule has 0 spiro atoms. The number of hydrogen-bond donors (Lipinski definition) is 2. The van der Waals surface area contributed by atoms with Crippen LogP contribution in [-0.2, 0) is 6.54 Å². The predicted octanol–water partition coefficient (Wildman–Crippen LogP) is 2.28. The van der Waals surface area contributed by atoms with Crippen LogP contribution >= 0.6 is 12.2 Å². The lowest BCUT2D eigenvalue weighted by Gasteiger charge is -2.05. The number of hydrogen-bond acceptors (Lipinski definition) is 3. The molecule has 16 heavy (non-hydrogen) atoms. The topological polar surface area (TPSA) is 53.8 Å². The van der Waals surface area contributed by atoms with E-state index < -0.39 is 6.67 Å². The van der Waals surface area contributed by atoms with E-state index in [0.29, 0.717) is 16.2 Å². The molecule has 0 amide bonds. The van der Waals surface area contributed by atoms with E-state index in [-0.39, 0.29) is 12.3 Å². The first-order valence-corrected chi connectivity index (χ1v) is 5.14. The van der Waals surface area contributed by atoms with Crippen LogP contribution in [0.15, 0.2) is 24.3 Å². The lowest BCUT2D eigenvalue weighted by atomic mass is 10.2. The third kappa shape index (κ3) is 1.83. The third-order valence-electron chi connectivity index (χ3n) is 2.21. The Labute approximate surface area is 96.4 Å². The predicted molar refractivity (Wildman–Crippen MR) is 60.5 cm³/mol. The second kappa shape index (κ2) is 4.44. The minimum atomic E-state index is -0.533. The van der Waals surface area contributed by atoms with Crippen LogP contribution in [0.5, 0.6) is 5.75 Å². The molecule has 2 rings (SSSR count). The summed E-state index contributed by atoms with van der Waals surface area (Å²) in [6.45, 7) is -0.409. The van der Waals surface area contributed by atoms with Crippen molar-refractivity contribution in [2.24, 2.45) is 0 Å². The maximum Gasteiger partial charge on any atom is 0.195 e. The highest BCUT2D eigenvalue weighted by atomic mass is 32.1. The van der Waals surface area contributed by atoms with Gasteiger partial charge in [0.05, 0.1) is 12.1 Å². The summed E-state index contributed by atoms with van der Waals surface area (Å²) in [7, 11) is 0. The number of halogens is 1. The Bertz CT molecular complexity index is 549. The molecule has 0 saturated carbocycles. The lowest BCUT2D eigenvalue weighted by Crippen LogP contribution is -2.02. The fourth-order valence-corrected chi connectivity index (χ4v) is 1.70. The number of phenolic OH excluding ortho intramolecular Hbond substituents is 1. The van der Waals surface area contributed by atoms with Gasteiger partial charge in [0.1, 0.15) is 12.4 Å². The molecule has 0 bridgehead atoms. The van der Waals surface area contributed by atoms with Crippen molar-refractivity contribution in [1.29, 1.82) is 0 Å². The lowest BCUT2D eigenvalue weighted by molar-refractivity contribution is 0.443. The molecule has 1 heterocycles. The molecule has 0 unspecified atom stereocenters. The van der Waals surface area contributed by atoms with Crippen molar-refractivity contribution < 1.29 is 9.50 Å². The summed E-state index contributed by atoms with van der Waals surface area (Å²) in [4.78, 5) is 0. The van der Waals surface area contributed by atoms with Gasteiger partial charge in [-0.3, -0.25) is 9.67 Å². The fraction of sp³-hybridized carbons (Fsp3) is 0.200. The zero-order valence-electron chi connectivity index (χ0n) is 8.35. The molecule has 0 radical (unpaired) electrons. The second-order valence-corrected chi connectivity index (χ2v) is 3.60. The molecule has 2 N–H and O–H groups in total. The second-order valence-electron chi connectivity index (χ2n) is 3.21. The Hall–Kier alpha value is -1.69. The molecule has 84 valence electrons. The number of benzene rings is 1. The van der Waals surface area contributed by atoms with Gasteiger partial charge in [0.2, 0.25) is 0 Å². The van der Waals surface area contributed by atoms with Crippen LogP contribution in [0.1, 0.15) is 0 Å². The minimum Gasteiger partial charge on any atom is -0.507 e. The smallest absolute Gasteiger partial charge is 0.195 e. The molecular weight excluding hydrogens is 229 g/mol. The van der Waals surface area contributed by atoms with Gasteiger partial charge in [0.25, 0.3) is 0 Å². The zero-order valence-corrected chi connectivity index (χ0v) is 9.17. The largest absolute Gasteiger partial charge is 0.507 e. The van der Waals surface area contributed by atoms with Crippen LogP contribution in [0.3, 0.4) is 0 Å². The highest BCUT2D eigenvalue weighted by Gasteiger charge is 2.11. The molecule has 2 aromatic rings. The Morgan fingerprint density at radius 1 is 1.44 bits per heavy atom. The minimum absolute atomic E-state index is 0.0941. The quantitative estimate of drug-likeness (QED) is 0.808. The highest BCUT2D eigenvalue weighted by molar-refractivity contribution is 7.71. The Morgan fingerprint density at radius 3 is 2.88 bits per heavy atom. The van der Waals surface area contributed by atoms with Crippen LogP contribution < -0.4 is 0 Å². The van der Waals surface area contributed by atoms with E-state index in [0.717, 1.165) is 0 Å². The normalized spacial score (nSPS) is 10.6. The molecule has 0 aliphatic rings. The van der Waals surface area contributed by atoms with Gasteiger partial charge < -0.3 is 5.11 Å². The van der Waals surface area contributed by atoms with E-state index in [2.05, 4.69) is 10.2 Å². The first-order chi connectivity index (χ1) is 7.74. The van der Waals surface area contributed by atoms with Crippen LogP contribution in [0.2, 0.25) is 0 Å². The molecule has 1 aromatic carbocycles. The van der Waals surface area contributed by atoms with Crippen LogP contribution in [0, 0.1) is 4.77 Å². The molecule has 4 nitrogen and oxygen atoms in total. The maximum atomic E-state index is 12.4. The van der Waals surface area contributed by atoms with E-state index in [1.807, 2.05) is 0 Å². The van der Waals surface area contributed by atoms with E-state index >= 15 is 0 Å². The van der Waals surface area contributed by atoms with Crippen molar-refractivity contribution in [1.82, 2.24) is 14.8 Å². The number of aromatic hydroxyl groups is 1. The van der Waals surface area contributed by atoms with Gasteiger partial charge in [-0.1, -0.05) is 12.1 Å². The number of H-pyrrole nitrogens is 1. The van der Waals surface area contributed by atoms with Crippen LogP contribution in [-0.4, -0.2) is 26.5 Å². The summed E-state index contributed by atoms with van der Waals surface area (Å²) in [6.07, 6.45) is 0. The average molecular weight is 239 g/mol. The van der Waals surface area contributed by atoms with Gasteiger partial charge in [0, 0.05) is 0 Å². The number of para-hydroxylation sites is 1. The molecule has 0 aliphatic heterocycles. The molecule has 0 saturated heterocycles. The van der Waals surface area contributed by atoms with Crippen molar-refractivity contribution >= 4 is 12.2 Å². The van der Waals surface area contributed by atoms with Gasteiger partial charge in [-0.25, -0.2) is 4.39 Å². The molecular formula is C10H10FN3OS. The summed E-state index contributed by atoms with van der Waals surface area (Å²) in [5, 5.41) is 16.2. The van der Waals surface area contributed by atoms with Gasteiger partial charge in [-0.2, -0.15) is 5.10 Å². The molecule has 0 atom stereocenters. The standard InChI is InChI=1S/C10H10FN3OS/c11-5-6-14-9(12-13-10(14)16)7-3-1-2-4-8(7)15/h1-4,15H,5-6H2,(H,13,16). The summed E-state index contributed by atoms with van der Waals surface area (Å²) < 4.78 is 14.2. The molecule has 6 heteroatoms. The van der Waals surface area contributed by atoms with Gasteiger partial charge in [-0.15, -0.1) is 0 Å². The summed E-state index contributed by atoms with van der Waals surface area (Å²) in [6, 6.07) is 6.73. The monoisotopic (exact) mass is 239 g/mol. The Balaban J connectivity index is 2.56. The Kier molecular flexibility index (Phi) is 3.00. The van der Waals surface area contributed by atoms with E-state index in [1.165, 1.54) is 4.57 Å². The number of nitrogens with zero attached hydrogens (tertiary/aromatic N) is 2. The number of aromatic nitrogens is 3. The van der Waals surface area contributed by atoms with Gasteiger partial charge in [0.15, 0.2) is 10.6 Å². The number of rotatable bonds is 3. The summed E-state index contributed by atoms with van der Waals surface area (Å²) >= 11 is 4.98. The van der Waals surface area contributed by atoms with Crippen molar-refractivity contribution in [3.63, 3.8) is 0 Å². The zero-order chi connectivity index (χ0) is 11.5. The van der Waals surface area contributed by atoms with Crippen LogP contribution in [0.4, 0.5) is 4.39 Å². The number of phenols is 1. The fourth-order valence-electron chi connectivity index (χ4n) is 1.48. The van der Waals surface area contributed by atoms with Crippen molar-refractivity contribution in [3.8, 4) is 17.1 Å². The first kappa shape index (κ1) is 10.8. The van der Waals surface area contributed by atoms with Crippen molar-refractivity contribution in [2.45, 2.75) is 6.54 Å². The molecule has 1 aromatic heterocycles. The average Bonchev–Trinajstić information content (AvgIpc) is 2.62. The SMILES string of the molecule is Oc1ccccc1-c1n[nH]c(=S)n1CCF. The summed E-state index contributed by atoms with van der Waals surface area (Å²) in [5.74, 6) is 0.539. The molecule has 0 aliphatic carbocycles. The summed E-state index contributed by atoms with van der Waals surface area (Å²) in [5.41, 5.74) is 0.531. The molecule has 0 fully saturated rings. The van der Waals surface area contributed by atoms with Gasteiger partial charge >= 0.3 is 0 Å². The van der Waals surface area contributed by atoms with Crippen LogP contribution in [0.25, 0.3) is 11.4 Å². The maximum absolute atomic E-state index is 12.4. The van der Waals surface area contributed by atoms with E-state index in [9.17, 15) is 9.50 Å². The highest BCUT2D eigenvalue weighted by Crippen LogP contribution is 2.26. The number of aromatic amines is 1. The Morgan fingerprint density at radius 2 is 2.19 bits per heavy atom. The van der Waals surface area contributed by atoms with Crippen molar-refractivity contribution in [2.75, 3.05) is 6.67 Å². The van der Waals surface area contributed by atoms with E-state index in [4.69, 9.17) is 12.2 Å². The van der Waals surface area contributed by atoms with E-state index in [1.54, 1.807) is 24.3 Å². The van der Waals surface area contributed by atoms with Gasteiger partial charge in [-0.05, 0) is 24.4 Å². The van der Waals surface area contributed by atoms with Crippen molar-refractivity contribution in [3.05, 3.63) is 29.0 Å². The number of alkyl halides is 1.